The first-order valence-electron chi connectivity index (χ1n) is 27.3. The van der Waals surface area contributed by atoms with E-state index in [9.17, 15) is 0 Å². The van der Waals surface area contributed by atoms with Gasteiger partial charge in [0.1, 0.15) is 0 Å². The maximum absolute atomic E-state index is 2.53. The van der Waals surface area contributed by atoms with Crippen LogP contribution in [0.2, 0.25) is 0 Å². The van der Waals surface area contributed by atoms with Gasteiger partial charge in [-0.3, -0.25) is 0 Å². The Hall–Kier alpha value is 0. The van der Waals surface area contributed by atoms with Crippen LogP contribution in [0.15, 0.2) is 0 Å². The summed E-state index contributed by atoms with van der Waals surface area (Å²) < 4.78 is 0. The van der Waals surface area contributed by atoms with Gasteiger partial charge in [-0.2, -0.15) is 0 Å². The molecule has 0 N–H and O–H groups in total. The molecule has 0 nitrogen and oxygen atoms in total. The Morgan fingerprint density at radius 1 is 0.164 bits per heavy atom. The summed E-state index contributed by atoms with van der Waals surface area (Å²) in [7, 11) is 0. The molecule has 0 aromatic rings. The largest absolute Gasteiger partial charge is 0.0654 e. The number of hydrogen-bond acceptors (Lipinski definition) is 0. The smallest absolute Gasteiger partial charge is 0.0443 e. The lowest BCUT2D eigenvalue weighted by molar-refractivity contribution is 0.429. The van der Waals surface area contributed by atoms with Crippen molar-refractivity contribution in [2.45, 2.75) is 348 Å². The standard InChI is InChI=1S/C55H112/c1-4-6-8-10-12-14-16-18-20-22-24-26-28-29-30-32-34-36-38-40-42-44-46-48-50-52-54-55(3)53-51-49-47-45-43-41-39-37-35-33-31-27-25-23-21-19-17-15-13-11-9-7-5-2/h55H,4-54H2,1-3H3. The van der Waals surface area contributed by atoms with Crippen LogP contribution in [0.25, 0.3) is 0 Å². The second-order valence-corrected chi connectivity index (χ2v) is 19.3. The van der Waals surface area contributed by atoms with Crippen LogP contribution >= 0.6 is 0 Å². The van der Waals surface area contributed by atoms with Crippen LogP contribution in [0.4, 0.5) is 0 Å². The number of rotatable bonds is 51. The van der Waals surface area contributed by atoms with Gasteiger partial charge < -0.3 is 0 Å². The highest BCUT2D eigenvalue weighted by Crippen LogP contribution is 2.21. The maximum Gasteiger partial charge on any atom is -0.0443 e. The molecule has 0 saturated heterocycles. The molecule has 0 aromatic carbocycles. The summed E-state index contributed by atoms with van der Waals surface area (Å²) in [6.07, 6.45) is 75.7. The van der Waals surface area contributed by atoms with Crippen LogP contribution in [0.1, 0.15) is 348 Å². The van der Waals surface area contributed by atoms with E-state index in [-0.39, 0.29) is 0 Å². The molecule has 0 rings (SSSR count). The maximum atomic E-state index is 2.53. The zero-order chi connectivity index (χ0) is 39.6. The number of unbranched alkanes of at least 4 members (excludes halogenated alkanes) is 47. The van der Waals surface area contributed by atoms with Crippen LogP contribution in [0.5, 0.6) is 0 Å². The van der Waals surface area contributed by atoms with Crippen LogP contribution in [0, 0.1) is 5.92 Å². The Morgan fingerprint density at radius 3 is 0.400 bits per heavy atom. The van der Waals surface area contributed by atoms with Gasteiger partial charge in [0, 0.05) is 0 Å². The van der Waals surface area contributed by atoms with E-state index in [4.69, 9.17) is 0 Å². The lowest BCUT2D eigenvalue weighted by Gasteiger charge is -2.11. The van der Waals surface area contributed by atoms with Crippen molar-refractivity contribution in [1.82, 2.24) is 0 Å². The number of hydrogen-bond donors (Lipinski definition) is 0. The van der Waals surface area contributed by atoms with Crippen LogP contribution in [-0.2, 0) is 0 Å². The highest BCUT2D eigenvalue weighted by molar-refractivity contribution is 4.57. The van der Waals surface area contributed by atoms with Crippen LogP contribution < -0.4 is 0 Å². The molecule has 0 bridgehead atoms. The Labute approximate surface area is 352 Å². The summed E-state index contributed by atoms with van der Waals surface area (Å²) in [5.41, 5.74) is 0. The van der Waals surface area contributed by atoms with E-state index < -0.39 is 0 Å². The van der Waals surface area contributed by atoms with E-state index in [2.05, 4.69) is 20.8 Å². The van der Waals surface area contributed by atoms with E-state index in [1.807, 2.05) is 0 Å². The lowest BCUT2D eigenvalue weighted by atomic mass is 9.95. The SMILES string of the molecule is CCCCCCCCCCCCCCCCCCCCCCCCCCCCC(C)CCCCCCCCCCCCCCCCCCCCCCCCC. The molecule has 0 heteroatoms. The highest BCUT2D eigenvalue weighted by atomic mass is 14.1. The first kappa shape index (κ1) is 55.0. The van der Waals surface area contributed by atoms with Crippen molar-refractivity contribution < 1.29 is 0 Å². The second kappa shape index (κ2) is 52.0. The van der Waals surface area contributed by atoms with Crippen molar-refractivity contribution in [3.05, 3.63) is 0 Å². The first-order chi connectivity index (χ1) is 27.3. The fourth-order valence-corrected chi connectivity index (χ4v) is 9.23. The molecule has 0 aliphatic carbocycles. The van der Waals surface area contributed by atoms with Crippen LogP contribution in [0.3, 0.4) is 0 Å². The third kappa shape index (κ3) is 52.0. The molecule has 0 amide bonds. The van der Waals surface area contributed by atoms with Gasteiger partial charge in [0.05, 0.1) is 0 Å². The first-order valence-corrected chi connectivity index (χ1v) is 27.3. The third-order valence-corrected chi connectivity index (χ3v) is 13.4. The van der Waals surface area contributed by atoms with Gasteiger partial charge in [-0.15, -0.1) is 0 Å². The monoisotopic (exact) mass is 773 g/mol. The van der Waals surface area contributed by atoms with E-state index in [1.54, 1.807) is 0 Å². The summed E-state index contributed by atoms with van der Waals surface area (Å²) in [4.78, 5) is 0. The molecular weight excluding hydrogens is 661 g/mol. The summed E-state index contributed by atoms with van der Waals surface area (Å²) in [5, 5.41) is 0. The van der Waals surface area contributed by atoms with Crippen molar-refractivity contribution in [3.8, 4) is 0 Å². The van der Waals surface area contributed by atoms with Gasteiger partial charge in [0.25, 0.3) is 0 Å². The van der Waals surface area contributed by atoms with Gasteiger partial charge >= 0.3 is 0 Å². The lowest BCUT2D eigenvalue weighted by Crippen LogP contribution is -1.95. The van der Waals surface area contributed by atoms with Gasteiger partial charge in [-0.1, -0.05) is 348 Å². The zero-order valence-electron chi connectivity index (χ0n) is 39.6. The minimum Gasteiger partial charge on any atom is -0.0654 e. The van der Waals surface area contributed by atoms with Crippen LogP contribution in [-0.4, -0.2) is 0 Å². The summed E-state index contributed by atoms with van der Waals surface area (Å²) >= 11 is 0. The van der Waals surface area contributed by atoms with Crippen molar-refractivity contribution in [2.75, 3.05) is 0 Å². The molecule has 1 atom stereocenters. The summed E-state index contributed by atoms with van der Waals surface area (Å²) in [5.74, 6) is 0.962. The predicted molar refractivity (Wildman–Crippen MR) is 256 cm³/mol. The Balaban J connectivity index is 3.14. The predicted octanol–water partition coefficient (Wildman–Crippen LogP) is 21.6. The molecular formula is C55H112. The van der Waals surface area contributed by atoms with Gasteiger partial charge in [-0.25, -0.2) is 0 Å². The van der Waals surface area contributed by atoms with Crippen molar-refractivity contribution >= 4 is 0 Å². The Morgan fingerprint density at radius 2 is 0.273 bits per heavy atom. The van der Waals surface area contributed by atoms with Gasteiger partial charge in [-0.05, 0) is 5.92 Å². The van der Waals surface area contributed by atoms with E-state index in [1.165, 1.54) is 327 Å². The molecule has 0 aromatic heterocycles. The fraction of sp³-hybridized carbons (Fsp3) is 1.00. The summed E-state index contributed by atoms with van der Waals surface area (Å²) in [6.45, 7) is 7.15. The minimum atomic E-state index is 0.962. The molecule has 332 valence electrons. The molecule has 0 heterocycles. The van der Waals surface area contributed by atoms with E-state index in [0.717, 1.165) is 5.92 Å². The average Bonchev–Trinajstić information content (AvgIpc) is 3.19. The van der Waals surface area contributed by atoms with Crippen molar-refractivity contribution in [2.24, 2.45) is 5.92 Å². The normalized spacial score (nSPS) is 12.3. The Bertz CT molecular complexity index is 622. The molecule has 0 fully saturated rings. The van der Waals surface area contributed by atoms with Gasteiger partial charge in [0.15, 0.2) is 0 Å². The van der Waals surface area contributed by atoms with Crippen molar-refractivity contribution in [1.29, 1.82) is 0 Å². The molecule has 0 aliphatic heterocycles. The molecule has 0 aliphatic rings. The molecule has 55 heavy (non-hydrogen) atoms. The zero-order valence-corrected chi connectivity index (χ0v) is 39.6. The van der Waals surface area contributed by atoms with E-state index in [0.29, 0.717) is 0 Å². The topological polar surface area (TPSA) is 0 Å². The molecule has 0 spiro atoms. The third-order valence-electron chi connectivity index (χ3n) is 13.4. The quantitative estimate of drug-likeness (QED) is 0.0540. The average molecular weight is 774 g/mol. The molecule has 1 unspecified atom stereocenters. The fourth-order valence-electron chi connectivity index (χ4n) is 9.23. The molecule has 0 radical (unpaired) electrons. The summed E-state index contributed by atoms with van der Waals surface area (Å²) in [6, 6.07) is 0. The minimum absolute atomic E-state index is 0.962. The Kier molecular flexibility index (Phi) is 52.0. The van der Waals surface area contributed by atoms with E-state index >= 15 is 0 Å². The van der Waals surface area contributed by atoms with Gasteiger partial charge in [0.2, 0.25) is 0 Å². The highest BCUT2D eigenvalue weighted by Gasteiger charge is 2.03. The molecule has 0 saturated carbocycles. The second-order valence-electron chi connectivity index (χ2n) is 19.3. The van der Waals surface area contributed by atoms with Crippen molar-refractivity contribution in [3.63, 3.8) is 0 Å².